The minimum absolute atomic E-state index is 0.276. The fourth-order valence-corrected chi connectivity index (χ4v) is 2.31. The molecular weight excluding hydrogens is 204 g/mol. The van der Waals surface area contributed by atoms with Crippen LogP contribution in [-0.2, 0) is 11.8 Å². The van der Waals surface area contributed by atoms with E-state index in [1.807, 2.05) is 18.7 Å². The zero-order chi connectivity index (χ0) is 11.5. The summed E-state index contributed by atoms with van der Waals surface area (Å²) in [5.41, 5.74) is 8.21. The van der Waals surface area contributed by atoms with Crippen molar-refractivity contribution >= 4 is 0 Å². The van der Waals surface area contributed by atoms with E-state index in [0.29, 0.717) is 6.54 Å². The first kappa shape index (κ1) is 11.6. The number of aryl methyl sites for hydroxylation is 2. The van der Waals surface area contributed by atoms with Gasteiger partial charge >= 0.3 is 0 Å². The van der Waals surface area contributed by atoms with Crippen molar-refractivity contribution in [2.24, 2.45) is 12.8 Å². The van der Waals surface area contributed by atoms with Crippen molar-refractivity contribution in [2.75, 3.05) is 32.8 Å². The van der Waals surface area contributed by atoms with Crippen molar-refractivity contribution in [3.05, 3.63) is 17.5 Å². The topological polar surface area (TPSA) is 56.3 Å². The molecule has 5 nitrogen and oxygen atoms in total. The van der Waals surface area contributed by atoms with E-state index >= 15 is 0 Å². The Morgan fingerprint density at radius 3 is 2.69 bits per heavy atom. The van der Waals surface area contributed by atoms with Gasteiger partial charge in [0.05, 0.1) is 24.9 Å². The Morgan fingerprint density at radius 1 is 1.50 bits per heavy atom. The first-order valence-electron chi connectivity index (χ1n) is 5.74. The summed E-state index contributed by atoms with van der Waals surface area (Å²) >= 11 is 0. The van der Waals surface area contributed by atoms with E-state index < -0.39 is 0 Å². The lowest BCUT2D eigenvalue weighted by atomic mass is 10.1. The molecule has 1 atom stereocenters. The van der Waals surface area contributed by atoms with Crippen LogP contribution < -0.4 is 5.73 Å². The Balaban J connectivity index is 2.17. The number of hydrogen-bond acceptors (Lipinski definition) is 4. The largest absolute Gasteiger partial charge is 0.379 e. The van der Waals surface area contributed by atoms with Crippen molar-refractivity contribution in [2.45, 2.75) is 13.0 Å². The molecule has 2 rings (SSSR count). The zero-order valence-electron chi connectivity index (χ0n) is 10.0. The summed E-state index contributed by atoms with van der Waals surface area (Å²) in [6.45, 7) is 6.18. The second kappa shape index (κ2) is 4.95. The molecule has 1 aliphatic rings. The molecule has 1 saturated heterocycles. The molecule has 0 aromatic carbocycles. The van der Waals surface area contributed by atoms with Gasteiger partial charge < -0.3 is 10.5 Å². The fourth-order valence-electron chi connectivity index (χ4n) is 2.31. The van der Waals surface area contributed by atoms with Crippen LogP contribution in [0.15, 0.2) is 6.20 Å². The van der Waals surface area contributed by atoms with Crippen molar-refractivity contribution in [3.63, 3.8) is 0 Å². The highest BCUT2D eigenvalue weighted by Gasteiger charge is 2.23. The fraction of sp³-hybridized carbons (Fsp3) is 0.727. The van der Waals surface area contributed by atoms with Gasteiger partial charge in [-0.05, 0) is 6.92 Å². The van der Waals surface area contributed by atoms with Gasteiger partial charge in [-0.1, -0.05) is 0 Å². The molecule has 1 aromatic heterocycles. The SMILES string of the molecule is Cc1nn(C)cc1C(CN)N1CCOCC1. The van der Waals surface area contributed by atoms with Crippen molar-refractivity contribution in [3.8, 4) is 0 Å². The summed E-state index contributed by atoms with van der Waals surface area (Å²) in [6, 6.07) is 0.276. The van der Waals surface area contributed by atoms with Crippen LogP contribution in [0, 0.1) is 6.92 Å². The normalized spacial score (nSPS) is 19.9. The van der Waals surface area contributed by atoms with Gasteiger partial charge in [-0.15, -0.1) is 0 Å². The standard InChI is InChI=1S/C11H20N4O/c1-9-10(8-14(2)13-9)11(7-12)15-3-5-16-6-4-15/h8,11H,3-7,12H2,1-2H3. The smallest absolute Gasteiger partial charge is 0.0641 e. The molecule has 5 heteroatoms. The van der Waals surface area contributed by atoms with E-state index in [1.165, 1.54) is 5.56 Å². The lowest BCUT2D eigenvalue weighted by Crippen LogP contribution is -2.41. The molecular formula is C11H20N4O. The predicted octanol–water partition coefficient (Wildman–Crippen LogP) is 0.0605. The number of morpholine rings is 1. The minimum Gasteiger partial charge on any atom is -0.379 e. The molecule has 1 unspecified atom stereocenters. The molecule has 90 valence electrons. The van der Waals surface area contributed by atoms with E-state index in [-0.39, 0.29) is 6.04 Å². The van der Waals surface area contributed by atoms with Crippen LogP contribution in [0.5, 0.6) is 0 Å². The Labute approximate surface area is 96.2 Å². The van der Waals surface area contributed by atoms with E-state index in [4.69, 9.17) is 10.5 Å². The molecule has 1 aromatic rings. The van der Waals surface area contributed by atoms with Crippen LogP contribution in [0.25, 0.3) is 0 Å². The Morgan fingerprint density at radius 2 is 2.19 bits per heavy atom. The molecule has 1 aliphatic heterocycles. The summed E-state index contributed by atoms with van der Waals surface area (Å²) in [5, 5.41) is 4.38. The second-order valence-corrected chi connectivity index (χ2v) is 4.24. The van der Waals surface area contributed by atoms with E-state index in [1.54, 1.807) is 0 Å². The number of aromatic nitrogens is 2. The molecule has 0 saturated carbocycles. The van der Waals surface area contributed by atoms with Gasteiger partial charge in [0, 0.05) is 38.4 Å². The van der Waals surface area contributed by atoms with Gasteiger partial charge in [0.1, 0.15) is 0 Å². The quantitative estimate of drug-likeness (QED) is 0.789. The van der Waals surface area contributed by atoms with E-state index in [0.717, 1.165) is 32.0 Å². The molecule has 0 bridgehead atoms. The van der Waals surface area contributed by atoms with Gasteiger partial charge in [0.25, 0.3) is 0 Å². The van der Waals surface area contributed by atoms with Gasteiger partial charge in [-0.2, -0.15) is 5.10 Å². The number of nitrogens with zero attached hydrogens (tertiary/aromatic N) is 3. The highest BCUT2D eigenvalue weighted by molar-refractivity contribution is 5.20. The third-order valence-corrected chi connectivity index (χ3v) is 3.12. The first-order valence-corrected chi connectivity index (χ1v) is 5.74. The van der Waals surface area contributed by atoms with Gasteiger partial charge in [0.15, 0.2) is 0 Å². The van der Waals surface area contributed by atoms with E-state index in [2.05, 4.69) is 16.2 Å². The average molecular weight is 224 g/mol. The maximum atomic E-state index is 5.89. The molecule has 0 radical (unpaired) electrons. The van der Waals surface area contributed by atoms with Gasteiger partial charge in [-0.25, -0.2) is 0 Å². The number of nitrogens with two attached hydrogens (primary N) is 1. The highest BCUT2D eigenvalue weighted by atomic mass is 16.5. The Kier molecular flexibility index (Phi) is 3.58. The average Bonchev–Trinajstić information content (AvgIpc) is 2.61. The molecule has 2 N–H and O–H groups in total. The lowest BCUT2D eigenvalue weighted by molar-refractivity contribution is 0.0177. The van der Waals surface area contributed by atoms with Gasteiger partial charge in [0.2, 0.25) is 0 Å². The van der Waals surface area contributed by atoms with Crippen LogP contribution in [0.4, 0.5) is 0 Å². The monoisotopic (exact) mass is 224 g/mol. The maximum Gasteiger partial charge on any atom is 0.0641 e. The minimum atomic E-state index is 0.276. The number of rotatable bonds is 3. The van der Waals surface area contributed by atoms with Crippen molar-refractivity contribution in [1.29, 1.82) is 0 Å². The predicted molar refractivity (Wildman–Crippen MR) is 62.1 cm³/mol. The second-order valence-electron chi connectivity index (χ2n) is 4.24. The first-order chi connectivity index (χ1) is 7.72. The summed E-state index contributed by atoms with van der Waals surface area (Å²) in [6.07, 6.45) is 2.07. The maximum absolute atomic E-state index is 5.89. The highest BCUT2D eigenvalue weighted by Crippen LogP contribution is 2.22. The summed E-state index contributed by atoms with van der Waals surface area (Å²) in [7, 11) is 1.95. The molecule has 0 spiro atoms. The van der Waals surface area contributed by atoms with Crippen LogP contribution in [0.3, 0.4) is 0 Å². The summed E-state index contributed by atoms with van der Waals surface area (Å²) < 4.78 is 7.22. The van der Waals surface area contributed by atoms with Crippen LogP contribution >= 0.6 is 0 Å². The van der Waals surface area contributed by atoms with Gasteiger partial charge in [-0.3, -0.25) is 9.58 Å². The third kappa shape index (κ3) is 2.26. The zero-order valence-corrected chi connectivity index (χ0v) is 10.0. The number of hydrogen-bond donors (Lipinski definition) is 1. The lowest BCUT2D eigenvalue weighted by Gasteiger charge is -2.33. The molecule has 2 heterocycles. The number of ether oxygens (including phenoxy) is 1. The van der Waals surface area contributed by atoms with Crippen LogP contribution in [-0.4, -0.2) is 47.5 Å². The van der Waals surface area contributed by atoms with Crippen molar-refractivity contribution < 1.29 is 4.74 Å². The molecule has 1 fully saturated rings. The molecule has 0 amide bonds. The summed E-state index contributed by atoms with van der Waals surface area (Å²) in [4.78, 5) is 2.38. The Hall–Kier alpha value is -0.910. The molecule has 16 heavy (non-hydrogen) atoms. The van der Waals surface area contributed by atoms with E-state index in [9.17, 15) is 0 Å². The van der Waals surface area contributed by atoms with Crippen LogP contribution in [0.2, 0.25) is 0 Å². The van der Waals surface area contributed by atoms with Crippen LogP contribution in [0.1, 0.15) is 17.3 Å². The summed E-state index contributed by atoms with van der Waals surface area (Å²) in [5.74, 6) is 0. The third-order valence-electron chi connectivity index (χ3n) is 3.12. The van der Waals surface area contributed by atoms with Crippen molar-refractivity contribution in [1.82, 2.24) is 14.7 Å². The Bertz CT molecular complexity index is 344. The molecule has 0 aliphatic carbocycles.